The zero-order chi connectivity index (χ0) is 14.9. The van der Waals surface area contributed by atoms with Gasteiger partial charge in [0.25, 0.3) is 0 Å². The maximum atomic E-state index is 6.23. The second-order valence-electron chi connectivity index (χ2n) is 5.95. The van der Waals surface area contributed by atoms with E-state index in [9.17, 15) is 0 Å². The van der Waals surface area contributed by atoms with Crippen LogP contribution in [0, 0.1) is 0 Å². The zero-order valence-electron chi connectivity index (χ0n) is 12.5. The van der Waals surface area contributed by atoms with Crippen molar-refractivity contribution in [2.75, 3.05) is 0 Å². The molecule has 0 aliphatic carbocycles. The van der Waals surface area contributed by atoms with Crippen molar-refractivity contribution >= 4 is 12.6 Å². The number of nitrogens with zero attached hydrogens (tertiary/aromatic N) is 3. The van der Waals surface area contributed by atoms with Crippen LogP contribution in [0.1, 0.15) is 26.6 Å². The van der Waals surface area contributed by atoms with E-state index < -0.39 is 11.2 Å². The molecule has 1 saturated heterocycles. The summed E-state index contributed by atoms with van der Waals surface area (Å²) >= 11 is 0. The fraction of sp³-hybridized carbons (Fsp3) is 0.400. The molecule has 1 atom stereocenters. The highest BCUT2D eigenvalue weighted by Gasteiger charge is 2.54. The molecule has 0 spiro atoms. The SMILES string of the molecule is CC1(C)OB(c2ccccc2)OC1(C)Cc1ncncn1. The summed E-state index contributed by atoms with van der Waals surface area (Å²) in [4.78, 5) is 12.2. The highest BCUT2D eigenvalue weighted by molar-refractivity contribution is 6.62. The van der Waals surface area contributed by atoms with Crippen molar-refractivity contribution in [3.05, 3.63) is 48.8 Å². The average molecular weight is 283 g/mol. The van der Waals surface area contributed by atoms with E-state index in [4.69, 9.17) is 9.31 Å². The number of hydrogen-bond donors (Lipinski definition) is 0. The Hall–Kier alpha value is -1.79. The normalized spacial score (nSPS) is 24.2. The van der Waals surface area contributed by atoms with Gasteiger partial charge in [0.15, 0.2) is 0 Å². The lowest BCUT2D eigenvalue weighted by Crippen LogP contribution is -2.47. The standard InChI is InChI=1S/C15H18BN3O2/c1-14(2)15(3,9-13-18-10-17-11-19-13)21-16(20-14)12-7-5-4-6-8-12/h4-8,10-11H,9H2,1-3H3. The van der Waals surface area contributed by atoms with E-state index in [1.54, 1.807) is 0 Å². The Morgan fingerprint density at radius 1 is 1.00 bits per heavy atom. The minimum Gasteiger partial charge on any atom is -0.399 e. The minimum absolute atomic E-state index is 0.368. The molecule has 5 nitrogen and oxygen atoms in total. The van der Waals surface area contributed by atoms with E-state index in [1.807, 2.05) is 51.1 Å². The fourth-order valence-corrected chi connectivity index (χ4v) is 2.45. The predicted molar refractivity (Wildman–Crippen MR) is 80.0 cm³/mol. The molecular weight excluding hydrogens is 265 g/mol. The third-order valence-electron chi connectivity index (χ3n) is 4.16. The number of hydrogen-bond acceptors (Lipinski definition) is 5. The molecule has 1 aliphatic heterocycles. The van der Waals surface area contributed by atoms with E-state index in [-0.39, 0.29) is 7.12 Å². The van der Waals surface area contributed by atoms with Crippen LogP contribution < -0.4 is 5.46 Å². The quantitative estimate of drug-likeness (QED) is 0.797. The van der Waals surface area contributed by atoms with Gasteiger partial charge in [0, 0.05) is 6.42 Å². The third-order valence-corrected chi connectivity index (χ3v) is 4.16. The van der Waals surface area contributed by atoms with E-state index in [0.29, 0.717) is 12.2 Å². The highest BCUT2D eigenvalue weighted by Crippen LogP contribution is 2.38. The first kappa shape index (κ1) is 14.2. The summed E-state index contributed by atoms with van der Waals surface area (Å²) in [5.74, 6) is 0.706. The summed E-state index contributed by atoms with van der Waals surface area (Å²) in [6, 6.07) is 9.96. The molecule has 3 rings (SSSR count). The Morgan fingerprint density at radius 2 is 1.67 bits per heavy atom. The summed E-state index contributed by atoms with van der Waals surface area (Å²) in [7, 11) is -0.368. The molecule has 1 fully saturated rings. The van der Waals surface area contributed by atoms with Gasteiger partial charge >= 0.3 is 7.12 Å². The molecule has 0 bridgehead atoms. The van der Waals surface area contributed by atoms with Crippen LogP contribution in [-0.4, -0.2) is 33.3 Å². The molecule has 0 amide bonds. The van der Waals surface area contributed by atoms with Crippen molar-refractivity contribution < 1.29 is 9.31 Å². The maximum absolute atomic E-state index is 6.23. The van der Waals surface area contributed by atoms with Gasteiger partial charge in [-0.05, 0) is 26.2 Å². The molecule has 6 heteroatoms. The topological polar surface area (TPSA) is 57.1 Å². The first-order chi connectivity index (χ1) is 10.0. The van der Waals surface area contributed by atoms with Gasteiger partial charge < -0.3 is 9.31 Å². The summed E-state index contributed by atoms with van der Waals surface area (Å²) in [6.07, 6.45) is 3.58. The largest absolute Gasteiger partial charge is 0.494 e. The van der Waals surface area contributed by atoms with Crippen LogP contribution in [-0.2, 0) is 15.7 Å². The Kier molecular flexibility index (Phi) is 3.51. The number of aromatic nitrogens is 3. The third kappa shape index (κ3) is 2.69. The molecule has 0 radical (unpaired) electrons. The van der Waals surface area contributed by atoms with Gasteiger partial charge in [0.1, 0.15) is 18.5 Å². The zero-order valence-corrected chi connectivity index (χ0v) is 12.5. The van der Waals surface area contributed by atoms with E-state index in [1.165, 1.54) is 12.7 Å². The van der Waals surface area contributed by atoms with Gasteiger partial charge in [-0.3, -0.25) is 0 Å². The van der Waals surface area contributed by atoms with E-state index >= 15 is 0 Å². The Bertz CT molecular complexity index is 609. The predicted octanol–water partition coefficient (Wildman–Crippen LogP) is 1.39. The second kappa shape index (κ2) is 5.20. The van der Waals surface area contributed by atoms with Crippen LogP contribution in [0.2, 0.25) is 0 Å². The smallest absolute Gasteiger partial charge is 0.399 e. The average Bonchev–Trinajstić information content (AvgIpc) is 2.71. The van der Waals surface area contributed by atoms with E-state index in [0.717, 1.165) is 5.46 Å². The Balaban J connectivity index is 1.85. The molecule has 0 N–H and O–H groups in total. The van der Waals surface area contributed by atoms with E-state index in [2.05, 4.69) is 15.0 Å². The Labute approximate surface area is 124 Å². The van der Waals surface area contributed by atoms with Crippen molar-refractivity contribution in [2.24, 2.45) is 0 Å². The van der Waals surface area contributed by atoms with Crippen LogP contribution in [0.5, 0.6) is 0 Å². The molecule has 21 heavy (non-hydrogen) atoms. The summed E-state index contributed by atoms with van der Waals surface area (Å²) in [6.45, 7) is 6.12. The van der Waals surface area contributed by atoms with Crippen LogP contribution in [0.25, 0.3) is 0 Å². The van der Waals surface area contributed by atoms with Gasteiger partial charge in [0.2, 0.25) is 0 Å². The lowest BCUT2D eigenvalue weighted by molar-refractivity contribution is -0.0102. The maximum Gasteiger partial charge on any atom is 0.494 e. The monoisotopic (exact) mass is 283 g/mol. The molecule has 108 valence electrons. The number of rotatable bonds is 3. The van der Waals surface area contributed by atoms with Crippen LogP contribution in [0.15, 0.2) is 43.0 Å². The van der Waals surface area contributed by atoms with Crippen molar-refractivity contribution in [3.8, 4) is 0 Å². The molecule has 1 unspecified atom stereocenters. The van der Waals surface area contributed by atoms with Crippen molar-refractivity contribution in [2.45, 2.75) is 38.4 Å². The molecular formula is C15H18BN3O2. The molecule has 1 aliphatic rings. The van der Waals surface area contributed by atoms with Gasteiger partial charge in [-0.2, -0.15) is 0 Å². The van der Waals surface area contributed by atoms with Gasteiger partial charge in [-0.15, -0.1) is 0 Å². The molecule has 2 aromatic rings. The molecule has 1 aromatic heterocycles. The minimum atomic E-state index is -0.505. The van der Waals surface area contributed by atoms with Crippen LogP contribution in [0.4, 0.5) is 0 Å². The summed E-state index contributed by atoms with van der Waals surface area (Å²) in [5, 5.41) is 0. The lowest BCUT2D eigenvalue weighted by Gasteiger charge is -2.35. The van der Waals surface area contributed by atoms with Crippen molar-refractivity contribution in [1.82, 2.24) is 15.0 Å². The first-order valence-corrected chi connectivity index (χ1v) is 7.02. The fourth-order valence-electron chi connectivity index (χ4n) is 2.45. The van der Waals surface area contributed by atoms with Crippen LogP contribution in [0.3, 0.4) is 0 Å². The molecule has 0 saturated carbocycles. The number of benzene rings is 1. The Morgan fingerprint density at radius 3 is 2.33 bits per heavy atom. The lowest BCUT2D eigenvalue weighted by atomic mass is 9.79. The van der Waals surface area contributed by atoms with Crippen molar-refractivity contribution in [1.29, 1.82) is 0 Å². The summed E-state index contributed by atoms with van der Waals surface area (Å²) < 4.78 is 12.4. The first-order valence-electron chi connectivity index (χ1n) is 7.02. The van der Waals surface area contributed by atoms with Gasteiger partial charge in [0.05, 0.1) is 11.2 Å². The van der Waals surface area contributed by atoms with Gasteiger partial charge in [-0.1, -0.05) is 30.3 Å². The van der Waals surface area contributed by atoms with Gasteiger partial charge in [-0.25, -0.2) is 15.0 Å². The van der Waals surface area contributed by atoms with Crippen molar-refractivity contribution in [3.63, 3.8) is 0 Å². The summed E-state index contributed by atoms with van der Waals surface area (Å²) in [5.41, 5.74) is 0.0691. The molecule has 1 aromatic carbocycles. The molecule has 2 heterocycles. The van der Waals surface area contributed by atoms with Crippen LogP contribution >= 0.6 is 0 Å². The second-order valence-corrected chi connectivity index (χ2v) is 5.95. The highest BCUT2D eigenvalue weighted by atomic mass is 16.7.